The third kappa shape index (κ3) is 3.08. The summed E-state index contributed by atoms with van der Waals surface area (Å²) >= 11 is 0. The van der Waals surface area contributed by atoms with E-state index < -0.39 is 5.97 Å². The lowest BCUT2D eigenvalue weighted by Gasteiger charge is -2.25. The predicted molar refractivity (Wildman–Crippen MR) is 85.4 cm³/mol. The van der Waals surface area contributed by atoms with E-state index in [1.165, 1.54) is 11.6 Å². The second kappa shape index (κ2) is 6.20. The van der Waals surface area contributed by atoms with Crippen LogP contribution in [0.5, 0.6) is 0 Å². The fourth-order valence-corrected chi connectivity index (χ4v) is 2.97. The number of carboxylic acid groups (broad SMARTS) is 1. The number of aryl methyl sites for hydroxylation is 1. The Kier molecular flexibility index (Phi) is 4.10. The van der Waals surface area contributed by atoms with Gasteiger partial charge in [0.05, 0.1) is 6.04 Å². The fraction of sp³-hybridized carbons (Fsp3) is 0.278. The zero-order chi connectivity index (χ0) is 16.4. The van der Waals surface area contributed by atoms with Crippen molar-refractivity contribution < 1.29 is 14.7 Å². The predicted octanol–water partition coefficient (Wildman–Crippen LogP) is 3.07. The number of pyridine rings is 1. The molecule has 23 heavy (non-hydrogen) atoms. The van der Waals surface area contributed by atoms with Gasteiger partial charge in [0.25, 0.3) is 5.91 Å². The molecule has 0 radical (unpaired) electrons. The number of hydrogen-bond acceptors (Lipinski definition) is 3. The first-order chi connectivity index (χ1) is 11.1. The maximum Gasteiger partial charge on any atom is 0.354 e. The smallest absolute Gasteiger partial charge is 0.354 e. The zero-order valence-corrected chi connectivity index (χ0v) is 12.9. The van der Waals surface area contributed by atoms with Crippen molar-refractivity contribution in [2.24, 2.45) is 0 Å². The minimum atomic E-state index is -1.13. The van der Waals surface area contributed by atoms with Crippen molar-refractivity contribution in [3.8, 4) is 0 Å². The summed E-state index contributed by atoms with van der Waals surface area (Å²) in [5, 5.41) is 9.02. The molecule has 118 valence electrons. The summed E-state index contributed by atoms with van der Waals surface area (Å²) in [5.41, 5.74) is 2.36. The van der Waals surface area contributed by atoms with Crippen LogP contribution < -0.4 is 0 Å². The van der Waals surface area contributed by atoms with Crippen LogP contribution in [-0.4, -0.2) is 33.4 Å². The lowest BCUT2D eigenvalue weighted by molar-refractivity contribution is 0.0689. The van der Waals surface area contributed by atoms with E-state index in [0.717, 1.165) is 18.4 Å². The minimum Gasteiger partial charge on any atom is -0.477 e. The molecule has 5 nitrogen and oxygen atoms in total. The molecule has 1 aromatic carbocycles. The largest absolute Gasteiger partial charge is 0.477 e. The number of rotatable bonds is 3. The normalized spacial score (nSPS) is 17.3. The maximum absolute atomic E-state index is 12.7. The van der Waals surface area contributed by atoms with Crippen molar-refractivity contribution in [1.29, 1.82) is 0 Å². The van der Waals surface area contributed by atoms with E-state index in [4.69, 9.17) is 5.11 Å². The molecule has 1 aliphatic heterocycles. The average molecular weight is 310 g/mol. The summed E-state index contributed by atoms with van der Waals surface area (Å²) in [6, 6.07) is 12.7. The molecule has 3 rings (SSSR count). The number of amides is 1. The first-order valence-corrected chi connectivity index (χ1v) is 7.64. The second-order valence-corrected chi connectivity index (χ2v) is 5.78. The lowest BCUT2D eigenvalue weighted by Crippen LogP contribution is -2.31. The van der Waals surface area contributed by atoms with Crippen molar-refractivity contribution in [2.75, 3.05) is 6.54 Å². The third-order valence-corrected chi connectivity index (χ3v) is 4.16. The van der Waals surface area contributed by atoms with Crippen molar-refractivity contribution in [1.82, 2.24) is 9.88 Å². The van der Waals surface area contributed by atoms with Gasteiger partial charge in [-0.05, 0) is 37.5 Å². The SMILES string of the molecule is Cc1ccc(C2CCCN2C(=O)c2cccc(C(=O)O)n2)cc1. The van der Waals surface area contributed by atoms with E-state index in [2.05, 4.69) is 4.98 Å². The number of carboxylic acids is 1. The number of aromatic nitrogens is 1. The molecule has 2 aromatic rings. The van der Waals surface area contributed by atoms with Crippen molar-refractivity contribution in [3.05, 3.63) is 65.0 Å². The van der Waals surface area contributed by atoms with E-state index in [0.29, 0.717) is 6.54 Å². The number of hydrogen-bond donors (Lipinski definition) is 1. The van der Waals surface area contributed by atoms with E-state index in [-0.39, 0.29) is 23.3 Å². The Morgan fingerprint density at radius 1 is 1.13 bits per heavy atom. The molecule has 1 atom stereocenters. The van der Waals surface area contributed by atoms with Crippen LogP contribution in [0.3, 0.4) is 0 Å². The van der Waals surface area contributed by atoms with Crippen molar-refractivity contribution in [2.45, 2.75) is 25.8 Å². The Morgan fingerprint density at radius 2 is 1.83 bits per heavy atom. The van der Waals surface area contributed by atoms with Crippen LogP contribution in [-0.2, 0) is 0 Å². The van der Waals surface area contributed by atoms with Gasteiger partial charge >= 0.3 is 5.97 Å². The number of likely N-dealkylation sites (tertiary alicyclic amines) is 1. The summed E-state index contributed by atoms with van der Waals surface area (Å²) in [7, 11) is 0. The van der Waals surface area contributed by atoms with Crippen molar-refractivity contribution in [3.63, 3.8) is 0 Å². The Bertz CT molecular complexity index is 740. The van der Waals surface area contributed by atoms with Gasteiger partial charge in [0.2, 0.25) is 0 Å². The molecule has 1 aliphatic rings. The van der Waals surface area contributed by atoms with Gasteiger partial charge in [-0.25, -0.2) is 9.78 Å². The van der Waals surface area contributed by atoms with Crippen LogP contribution in [0.1, 0.15) is 51.0 Å². The molecule has 2 heterocycles. The first kappa shape index (κ1) is 15.2. The molecule has 1 fully saturated rings. The monoisotopic (exact) mass is 310 g/mol. The highest BCUT2D eigenvalue weighted by atomic mass is 16.4. The molecular formula is C18H18N2O3. The van der Waals surface area contributed by atoms with Crippen LogP contribution in [0, 0.1) is 6.92 Å². The summed E-state index contributed by atoms with van der Waals surface area (Å²) in [6.07, 6.45) is 1.84. The number of aromatic carboxylic acids is 1. The molecule has 1 N–H and O–H groups in total. The van der Waals surface area contributed by atoms with Gasteiger partial charge in [0.15, 0.2) is 0 Å². The van der Waals surface area contributed by atoms with E-state index in [1.807, 2.05) is 31.2 Å². The van der Waals surface area contributed by atoms with E-state index in [9.17, 15) is 9.59 Å². The standard InChI is InChI=1S/C18H18N2O3/c1-12-7-9-13(10-8-12)16-6-3-11-20(16)17(21)14-4-2-5-15(19-14)18(22)23/h2,4-5,7-10,16H,3,6,11H2,1H3,(H,22,23). The summed E-state index contributed by atoms with van der Waals surface area (Å²) in [6.45, 7) is 2.69. The molecule has 1 unspecified atom stereocenters. The molecule has 5 heteroatoms. The van der Waals surface area contributed by atoms with Crippen LogP contribution in [0.2, 0.25) is 0 Å². The van der Waals surface area contributed by atoms with E-state index >= 15 is 0 Å². The summed E-state index contributed by atoms with van der Waals surface area (Å²) in [4.78, 5) is 29.5. The minimum absolute atomic E-state index is 0.0263. The summed E-state index contributed by atoms with van der Waals surface area (Å²) < 4.78 is 0. The summed E-state index contributed by atoms with van der Waals surface area (Å²) in [5.74, 6) is -1.34. The Hall–Kier alpha value is -2.69. The van der Waals surface area contributed by atoms with Crippen molar-refractivity contribution >= 4 is 11.9 Å². The van der Waals surface area contributed by atoms with E-state index in [1.54, 1.807) is 17.0 Å². The number of benzene rings is 1. The maximum atomic E-state index is 12.7. The number of carbonyl (C=O) groups excluding carboxylic acids is 1. The third-order valence-electron chi connectivity index (χ3n) is 4.16. The first-order valence-electron chi connectivity index (χ1n) is 7.64. The number of carbonyl (C=O) groups is 2. The second-order valence-electron chi connectivity index (χ2n) is 5.78. The van der Waals surface area contributed by atoms with Gasteiger partial charge in [0.1, 0.15) is 11.4 Å². The molecule has 1 saturated heterocycles. The van der Waals surface area contributed by atoms with Crippen LogP contribution in [0.15, 0.2) is 42.5 Å². The molecule has 1 aromatic heterocycles. The highest BCUT2D eigenvalue weighted by Crippen LogP contribution is 2.33. The van der Waals surface area contributed by atoms with Gasteiger partial charge in [-0.1, -0.05) is 35.9 Å². The quantitative estimate of drug-likeness (QED) is 0.946. The van der Waals surface area contributed by atoms with Crippen LogP contribution in [0.4, 0.5) is 0 Å². The Labute approximate surface area is 134 Å². The molecule has 0 aliphatic carbocycles. The molecule has 0 spiro atoms. The van der Waals surface area contributed by atoms with Gasteiger partial charge < -0.3 is 10.0 Å². The highest BCUT2D eigenvalue weighted by Gasteiger charge is 2.31. The molecule has 0 saturated carbocycles. The Morgan fingerprint density at radius 3 is 2.52 bits per heavy atom. The van der Waals surface area contributed by atoms with Gasteiger partial charge in [0, 0.05) is 6.54 Å². The highest BCUT2D eigenvalue weighted by molar-refractivity contribution is 5.94. The van der Waals surface area contributed by atoms with Gasteiger partial charge in [-0.15, -0.1) is 0 Å². The van der Waals surface area contributed by atoms with Crippen LogP contribution in [0.25, 0.3) is 0 Å². The average Bonchev–Trinajstić information content (AvgIpc) is 3.04. The Balaban J connectivity index is 1.87. The number of nitrogens with zero attached hydrogens (tertiary/aromatic N) is 2. The molecule has 1 amide bonds. The lowest BCUT2D eigenvalue weighted by atomic mass is 10.0. The zero-order valence-electron chi connectivity index (χ0n) is 12.9. The molecular weight excluding hydrogens is 292 g/mol. The van der Waals surface area contributed by atoms with Gasteiger partial charge in [-0.3, -0.25) is 4.79 Å². The molecule has 0 bridgehead atoms. The van der Waals surface area contributed by atoms with Crippen LogP contribution >= 0.6 is 0 Å². The fourth-order valence-electron chi connectivity index (χ4n) is 2.97. The van der Waals surface area contributed by atoms with Gasteiger partial charge in [-0.2, -0.15) is 0 Å². The topological polar surface area (TPSA) is 70.5 Å².